The first kappa shape index (κ1) is 23.3. The highest BCUT2D eigenvalue weighted by atomic mass is 32.1. The van der Waals surface area contributed by atoms with Crippen LogP contribution in [0, 0.1) is 11.3 Å². The molecule has 2 aliphatic carbocycles. The zero-order valence-electron chi connectivity index (χ0n) is 20.6. The number of carbonyl (C=O) groups is 1. The van der Waals surface area contributed by atoms with E-state index in [9.17, 15) is 4.79 Å². The zero-order chi connectivity index (χ0) is 23.7. The van der Waals surface area contributed by atoms with Crippen molar-refractivity contribution in [1.29, 1.82) is 0 Å². The summed E-state index contributed by atoms with van der Waals surface area (Å²) in [5, 5.41) is 7.69. The van der Waals surface area contributed by atoms with Crippen LogP contribution in [-0.4, -0.2) is 29.0 Å². The smallest absolute Gasteiger partial charge is 0.287 e. The van der Waals surface area contributed by atoms with E-state index >= 15 is 0 Å². The van der Waals surface area contributed by atoms with Crippen LogP contribution in [0.25, 0.3) is 10.2 Å². The number of nitrogens with zero attached hydrogens (tertiary/aromatic N) is 2. The van der Waals surface area contributed by atoms with Crippen LogP contribution >= 0.6 is 11.3 Å². The van der Waals surface area contributed by atoms with Gasteiger partial charge in [-0.25, -0.2) is 9.97 Å². The van der Waals surface area contributed by atoms with Crippen molar-refractivity contribution in [3.8, 4) is 0 Å². The predicted molar refractivity (Wildman–Crippen MR) is 138 cm³/mol. The van der Waals surface area contributed by atoms with E-state index in [1.54, 1.807) is 12.1 Å². The Morgan fingerprint density at radius 1 is 1.15 bits per heavy atom. The summed E-state index contributed by atoms with van der Waals surface area (Å²) in [5.74, 6) is 3.25. The van der Waals surface area contributed by atoms with E-state index in [0.717, 1.165) is 29.3 Å². The molecule has 1 saturated carbocycles. The molecule has 182 valence electrons. The number of rotatable bonds is 6. The third-order valence-corrected chi connectivity index (χ3v) is 8.72. The van der Waals surface area contributed by atoms with Gasteiger partial charge in [-0.2, -0.15) is 0 Å². The van der Waals surface area contributed by atoms with Crippen molar-refractivity contribution in [1.82, 2.24) is 15.3 Å². The van der Waals surface area contributed by atoms with Crippen molar-refractivity contribution >= 4 is 33.3 Å². The van der Waals surface area contributed by atoms with Crippen molar-refractivity contribution in [3.63, 3.8) is 0 Å². The van der Waals surface area contributed by atoms with Gasteiger partial charge in [-0.3, -0.25) is 4.79 Å². The van der Waals surface area contributed by atoms with Crippen LogP contribution in [-0.2, 0) is 12.8 Å². The minimum Gasteiger partial charge on any atom is -0.459 e. The van der Waals surface area contributed by atoms with Gasteiger partial charge in [-0.15, -0.1) is 11.3 Å². The third-order valence-electron chi connectivity index (χ3n) is 7.57. The third kappa shape index (κ3) is 4.85. The lowest BCUT2D eigenvalue weighted by Crippen LogP contribution is -2.28. The first-order valence-corrected chi connectivity index (χ1v) is 13.6. The molecule has 2 N–H and O–H groups in total. The Balaban J connectivity index is 1.39. The molecule has 5 rings (SSSR count). The number of hydrogen-bond donors (Lipinski definition) is 2. The summed E-state index contributed by atoms with van der Waals surface area (Å²) in [5.41, 5.74) is 1.76. The number of furan rings is 1. The van der Waals surface area contributed by atoms with Crippen LogP contribution in [0.2, 0.25) is 0 Å². The Labute approximate surface area is 205 Å². The van der Waals surface area contributed by atoms with Crippen LogP contribution in [0.15, 0.2) is 22.8 Å². The molecule has 0 unspecified atom stereocenters. The van der Waals surface area contributed by atoms with Gasteiger partial charge >= 0.3 is 0 Å². The number of carbonyl (C=O) groups excluding carboxylic acids is 1. The van der Waals surface area contributed by atoms with E-state index in [1.165, 1.54) is 60.6 Å². The minimum absolute atomic E-state index is 0.191. The molecule has 2 aliphatic rings. The number of fused-ring (bicyclic) bond motifs is 3. The minimum atomic E-state index is -0.191. The number of amides is 1. The maximum atomic E-state index is 12.2. The summed E-state index contributed by atoms with van der Waals surface area (Å²) in [4.78, 5) is 25.0. The SMILES string of the molecule is CC(C)(C)[C@@H]1CCc2c(sc3nc(C4CCCCC4)nc(NCCNC(=O)c4ccco4)c23)C1. The molecule has 0 spiro atoms. The number of hydrogen-bond acceptors (Lipinski definition) is 6. The molecular formula is C27H36N4O2S. The highest BCUT2D eigenvalue weighted by Crippen LogP contribution is 2.45. The van der Waals surface area contributed by atoms with Crippen molar-refractivity contribution in [2.24, 2.45) is 11.3 Å². The lowest BCUT2D eigenvalue weighted by molar-refractivity contribution is 0.0927. The fraction of sp³-hybridized carbons (Fsp3) is 0.593. The van der Waals surface area contributed by atoms with Crippen molar-refractivity contribution in [2.45, 2.75) is 78.1 Å². The Hall–Kier alpha value is -2.41. The average molecular weight is 481 g/mol. The topological polar surface area (TPSA) is 80.0 Å². The molecule has 0 bridgehead atoms. The fourth-order valence-corrected chi connectivity index (χ4v) is 6.76. The molecule has 6 nitrogen and oxygen atoms in total. The standard InChI is InChI=1S/C27H36N4O2S/c1-27(2,3)18-11-12-19-21(16-18)34-26-22(19)24(30-23(31-26)17-8-5-4-6-9-17)28-13-14-29-25(32)20-10-7-15-33-20/h7,10,15,17-18H,4-6,8-9,11-14,16H2,1-3H3,(H,29,32)(H,28,30,31)/t18-/m1/s1. The molecule has 3 aromatic heterocycles. The fourth-order valence-electron chi connectivity index (χ4n) is 5.46. The van der Waals surface area contributed by atoms with Gasteiger partial charge in [0.2, 0.25) is 0 Å². The summed E-state index contributed by atoms with van der Waals surface area (Å²) >= 11 is 1.88. The van der Waals surface area contributed by atoms with Gasteiger partial charge in [0.1, 0.15) is 16.5 Å². The number of nitrogens with one attached hydrogen (secondary N) is 2. The molecule has 1 atom stereocenters. The van der Waals surface area contributed by atoms with Gasteiger partial charge in [0, 0.05) is 23.9 Å². The van der Waals surface area contributed by atoms with E-state index < -0.39 is 0 Å². The summed E-state index contributed by atoms with van der Waals surface area (Å²) in [7, 11) is 0. The molecule has 1 amide bonds. The van der Waals surface area contributed by atoms with Crippen LogP contribution in [0.1, 0.15) is 92.0 Å². The second-order valence-electron chi connectivity index (χ2n) is 10.9. The van der Waals surface area contributed by atoms with Gasteiger partial charge in [0.05, 0.1) is 11.6 Å². The maximum absolute atomic E-state index is 12.2. The van der Waals surface area contributed by atoms with Gasteiger partial charge in [0.15, 0.2) is 5.76 Å². The van der Waals surface area contributed by atoms with Gasteiger partial charge in [-0.1, -0.05) is 40.0 Å². The summed E-state index contributed by atoms with van der Waals surface area (Å²) in [6, 6.07) is 3.40. The zero-order valence-corrected chi connectivity index (χ0v) is 21.4. The predicted octanol–water partition coefficient (Wildman–Crippen LogP) is 6.32. The van der Waals surface area contributed by atoms with Gasteiger partial charge in [0.25, 0.3) is 5.91 Å². The van der Waals surface area contributed by atoms with E-state index in [0.29, 0.717) is 36.1 Å². The molecule has 3 aromatic rings. The van der Waals surface area contributed by atoms with Crippen molar-refractivity contribution < 1.29 is 9.21 Å². The molecular weight excluding hydrogens is 444 g/mol. The lowest BCUT2D eigenvalue weighted by Gasteiger charge is -2.33. The quantitative estimate of drug-likeness (QED) is 0.403. The number of aryl methyl sites for hydroxylation is 1. The highest BCUT2D eigenvalue weighted by Gasteiger charge is 2.32. The Morgan fingerprint density at radius 3 is 2.71 bits per heavy atom. The van der Waals surface area contributed by atoms with Crippen molar-refractivity contribution in [3.05, 3.63) is 40.4 Å². The summed E-state index contributed by atoms with van der Waals surface area (Å²) < 4.78 is 5.18. The van der Waals surface area contributed by atoms with Crippen LogP contribution < -0.4 is 10.6 Å². The second-order valence-corrected chi connectivity index (χ2v) is 12.0. The van der Waals surface area contributed by atoms with E-state index in [-0.39, 0.29) is 5.91 Å². The molecule has 34 heavy (non-hydrogen) atoms. The van der Waals surface area contributed by atoms with E-state index in [1.807, 2.05) is 11.3 Å². The molecule has 3 heterocycles. The van der Waals surface area contributed by atoms with Crippen LogP contribution in [0.4, 0.5) is 5.82 Å². The van der Waals surface area contributed by atoms with E-state index in [2.05, 4.69) is 31.4 Å². The number of anilines is 1. The molecule has 0 aliphatic heterocycles. The summed E-state index contributed by atoms with van der Waals surface area (Å²) in [6.07, 6.45) is 11.2. The molecule has 7 heteroatoms. The maximum Gasteiger partial charge on any atom is 0.287 e. The Bertz CT molecular complexity index is 1140. The van der Waals surface area contributed by atoms with Crippen LogP contribution in [0.3, 0.4) is 0 Å². The Morgan fingerprint density at radius 2 is 1.97 bits per heavy atom. The van der Waals surface area contributed by atoms with Crippen molar-refractivity contribution in [2.75, 3.05) is 18.4 Å². The molecule has 0 saturated heterocycles. The first-order chi connectivity index (χ1) is 16.4. The van der Waals surface area contributed by atoms with E-state index in [4.69, 9.17) is 14.4 Å². The van der Waals surface area contributed by atoms with Crippen LogP contribution in [0.5, 0.6) is 0 Å². The molecule has 1 fully saturated rings. The number of thiophene rings is 1. The average Bonchev–Trinajstić information content (AvgIpc) is 3.49. The van der Waals surface area contributed by atoms with Gasteiger partial charge in [-0.05, 0) is 61.1 Å². The molecule has 0 radical (unpaired) electrons. The number of aromatic nitrogens is 2. The molecule has 0 aromatic carbocycles. The summed E-state index contributed by atoms with van der Waals surface area (Å²) in [6.45, 7) is 8.20. The highest BCUT2D eigenvalue weighted by molar-refractivity contribution is 7.19. The van der Waals surface area contributed by atoms with Gasteiger partial charge < -0.3 is 15.1 Å². The largest absolute Gasteiger partial charge is 0.459 e. The normalized spacial score (nSPS) is 19.2. The Kier molecular flexibility index (Phi) is 6.65. The monoisotopic (exact) mass is 480 g/mol. The first-order valence-electron chi connectivity index (χ1n) is 12.8. The second kappa shape index (κ2) is 9.68. The lowest BCUT2D eigenvalue weighted by atomic mass is 9.72.